The number of ether oxygens (including phenoxy) is 1. The highest BCUT2D eigenvalue weighted by Crippen LogP contribution is 2.30. The number of methoxy groups -OCH3 is 1. The Morgan fingerprint density at radius 2 is 2.00 bits per heavy atom. The van der Waals surface area contributed by atoms with Crippen LogP contribution in [0.1, 0.15) is 40.9 Å². The first-order chi connectivity index (χ1) is 14.7. The zero-order valence-corrected chi connectivity index (χ0v) is 18.0. The summed E-state index contributed by atoms with van der Waals surface area (Å²) in [6.45, 7) is 2.25. The Kier molecular flexibility index (Phi) is 6.77. The number of nitrogens with one attached hydrogen (secondary N) is 1. The molecule has 2 heterocycles. The van der Waals surface area contributed by atoms with Gasteiger partial charge in [-0.1, -0.05) is 42.5 Å². The Labute approximate surface area is 181 Å². The van der Waals surface area contributed by atoms with Crippen molar-refractivity contribution in [1.82, 2.24) is 15.2 Å². The van der Waals surface area contributed by atoms with Crippen molar-refractivity contribution in [2.24, 2.45) is 0 Å². The second-order valence-corrected chi connectivity index (χ2v) is 8.53. The van der Waals surface area contributed by atoms with Crippen LogP contribution < -0.4 is 10.1 Å². The number of piperidine rings is 1. The fraction of sp³-hybridized carbons (Fsp3) is 0.333. The van der Waals surface area contributed by atoms with Crippen LogP contribution in [0.2, 0.25) is 0 Å². The van der Waals surface area contributed by atoms with E-state index in [1.165, 1.54) is 5.56 Å². The largest absolute Gasteiger partial charge is 0.497 e. The molecule has 156 valence electrons. The SMILES string of the molecule is COc1cccc(C2CCN(CC(=O)NC(c3ccccc3)c3nccs3)CC2)c1. The van der Waals surface area contributed by atoms with Crippen molar-refractivity contribution >= 4 is 17.2 Å². The molecule has 3 aromatic rings. The molecule has 1 N–H and O–H groups in total. The molecule has 1 aliphatic heterocycles. The van der Waals surface area contributed by atoms with Crippen LogP contribution in [0.5, 0.6) is 5.75 Å². The quantitative estimate of drug-likeness (QED) is 0.620. The zero-order valence-electron chi connectivity index (χ0n) is 17.2. The number of aromatic nitrogens is 1. The molecule has 30 heavy (non-hydrogen) atoms. The molecule has 0 spiro atoms. The van der Waals surface area contributed by atoms with Crippen molar-refractivity contribution in [3.63, 3.8) is 0 Å². The van der Waals surface area contributed by atoms with E-state index in [0.717, 1.165) is 42.3 Å². The highest BCUT2D eigenvalue weighted by atomic mass is 32.1. The summed E-state index contributed by atoms with van der Waals surface area (Å²) in [6.07, 6.45) is 3.88. The van der Waals surface area contributed by atoms with Gasteiger partial charge < -0.3 is 10.1 Å². The zero-order chi connectivity index (χ0) is 20.8. The van der Waals surface area contributed by atoms with Gasteiger partial charge in [0.15, 0.2) is 0 Å². The number of thiazole rings is 1. The van der Waals surface area contributed by atoms with Gasteiger partial charge >= 0.3 is 0 Å². The second kappa shape index (κ2) is 9.87. The minimum Gasteiger partial charge on any atom is -0.497 e. The maximum atomic E-state index is 12.8. The molecule has 1 unspecified atom stereocenters. The summed E-state index contributed by atoms with van der Waals surface area (Å²) in [5.74, 6) is 1.47. The topological polar surface area (TPSA) is 54.5 Å². The monoisotopic (exact) mass is 421 g/mol. The Hall–Kier alpha value is -2.70. The Morgan fingerprint density at radius 1 is 1.20 bits per heavy atom. The van der Waals surface area contributed by atoms with Gasteiger partial charge in [-0.15, -0.1) is 11.3 Å². The molecule has 0 saturated carbocycles. The van der Waals surface area contributed by atoms with E-state index in [2.05, 4.69) is 33.4 Å². The standard InChI is InChI=1S/C24H27N3O2S/c1-29-21-9-5-8-20(16-21)18-10-13-27(14-11-18)17-22(28)26-23(24-25-12-15-30-24)19-6-3-2-4-7-19/h2-9,12,15-16,18,23H,10-11,13-14,17H2,1H3,(H,26,28). The molecule has 1 saturated heterocycles. The van der Waals surface area contributed by atoms with Crippen LogP contribution in [0.3, 0.4) is 0 Å². The number of benzene rings is 2. The van der Waals surface area contributed by atoms with E-state index in [4.69, 9.17) is 4.74 Å². The first-order valence-electron chi connectivity index (χ1n) is 10.3. The first-order valence-corrected chi connectivity index (χ1v) is 11.2. The number of likely N-dealkylation sites (tertiary alicyclic amines) is 1. The van der Waals surface area contributed by atoms with Crippen LogP contribution >= 0.6 is 11.3 Å². The summed E-state index contributed by atoms with van der Waals surface area (Å²) in [7, 11) is 1.70. The first kappa shape index (κ1) is 20.6. The van der Waals surface area contributed by atoms with Gasteiger partial charge in [0.25, 0.3) is 0 Å². The summed E-state index contributed by atoms with van der Waals surface area (Å²) < 4.78 is 5.36. The van der Waals surface area contributed by atoms with Crippen LogP contribution in [0, 0.1) is 0 Å². The Balaban J connectivity index is 1.34. The van der Waals surface area contributed by atoms with E-state index in [9.17, 15) is 4.79 Å². The van der Waals surface area contributed by atoms with Gasteiger partial charge in [-0.2, -0.15) is 0 Å². The molecule has 0 radical (unpaired) electrons. The van der Waals surface area contributed by atoms with Gasteiger partial charge in [0, 0.05) is 11.6 Å². The molecule has 1 amide bonds. The minimum absolute atomic E-state index is 0.0406. The van der Waals surface area contributed by atoms with Crippen LogP contribution in [0.4, 0.5) is 0 Å². The van der Waals surface area contributed by atoms with Crippen LogP contribution in [0.15, 0.2) is 66.2 Å². The van der Waals surface area contributed by atoms with Crippen molar-refractivity contribution in [3.8, 4) is 5.75 Å². The summed E-state index contributed by atoms with van der Waals surface area (Å²) >= 11 is 1.57. The second-order valence-electron chi connectivity index (χ2n) is 7.61. The number of hydrogen-bond acceptors (Lipinski definition) is 5. The third-order valence-corrected chi connectivity index (χ3v) is 6.50. The molecule has 1 atom stereocenters. The molecule has 6 heteroatoms. The molecule has 1 aliphatic rings. The van der Waals surface area contributed by atoms with E-state index in [-0.39, 0.29) is 11.9 Å². The van der Waals surface area contributed by atoms with Crippen molar-refractivity contribution in [1.29, 1.82) is 0 Å². The van der Waals surface area contributed by atoms with E-state index in [1.807, 2.05) is 41.8 Å². The van der Waals surface area contributed by atoms with Crippen molar-refractivity contribution in [2.45, 2.75) is 24.8 Å². The fourth-order valence-corrected chi connectivity index (χ4v) is 4.75. The van der Waals surface area contributed by atoms with E-state index < -0.39 is 0 Å². The van der Waals surface area contributed by atoms with Crippen molar-refractivity contribution in [2.75, 3.05) is 26.7 Å². The lowest BCUT2D eigenvalue weighted by Crippen LogP contribution is -2.42. The van der Waals surface area contributed by atoms with E-state index in [0.29, 0.717) is 12.5 Å². The van der Waals surface area contributed by atoms with Gasteiger partial charge in [0.1, 0.15) is 16.8 Å². The molecule has 1 fully saturated rings. The van der Waals surface area contributed by atoms with Crippen LogP contribution in [0.25, 0.3) is 0 Å². The Bertz CT molecular complexity index is 938. The molecule has 1 aromatic heterocycles. The highest BCUT2D eigenvalue weighted by molar-refractivity contribution is 7.09. The van der Waals surface area contributed by atoms with Gasteiger partial charge in [-0.25, -0.2) is 4.98 Å². The third-order valence-electron chi connectivity index (χ3n) is 5.66. The maximum absolute atomic E-state index is 12.8. The number of hydrogen-bond donors (Lipinski definition) is 1. The summed E-state index contributed by atoms with van der Waals surface area (Å²) in [6, 6.07) is 18.2. The molecular formula is C24H27N3O2S. The molecule has 5 nitrogen and oxygen atoms in total. The number of amides is 1. The average Bonchev–Trinajstić information content (AvgIpc) is 3.33. The van der Waals surface area contributed by atoms with Crippen molar-refractivity contribution < 1.29 is 9.53 Å². The van der Waals surface area contributed by atoms with Crippen LogP contribution in [-0.2, 0) is 4.79 Å². The molecule has 0 bridgehead atoms. The molecule has 2 aromatic carbocycles. The van der Waals surface area contributed by atoms with Gasteiger partial charge in [-0.05, 0) is 55.1 Å². The van der Waals surface area contributed by atoms with Gasteiger partial charge in [0.05, 0.1) is 13.7 Å². The Morgan fingerprint density at radius 3 is 2.70 bits per heavy atom. The van der Waals surface area contributed by atoms with Crippen molar-refractivity contribution in [3.05, 3.63) is 82.3 Å². The fourth-order valence-electron chi connectivity index (χ4n) is 4.04. The summed E-state index contributed by atoms with van der Waals surface area (Å²) in [4.78, 5) is 19.5. The lowest BCUT2D eigenvalue weighted by Gasteiger charge is -2.32. The summed E-state index contributed by atoms with van der Waals surface area (Å²) in [5, 5.41) is 6.05. The molecule has 4 rings (SSSR count). The predicted molar refractivity (Wildman–Crippen MR) is 120 cm³/mol. The number of carbonyl (C=O) groups excluding carboxylic acids is 1. The third kappa shape index (κ3) is 5.07. The minimum atomic E-state index is -0.201. The number of nitrogens with zero attached hydrogens (tertiary/aromatic N) is 2. The lowest BCUT2D eigenvalue weighted by molar-refractivity contribution is -0.123. The predicted octanol–water partition coefficient (Wildman–Crippen LogP) is 4.24. The normalized spacial score (nSPS) is 16.2. The average molecular weight is 422 g/mol. The van der Waals surface area contributed by atoms with Crippen LogP contribution in [-0.4, -0.2) is 42.5 Å². The maximum Gasteiger partial charge on any atom is 0.235 e. The molecular weight excluding hydrogens is 394 g/mol. The van der Waals surface area contributed by atoms with Gasteiger partial charge in [0.2, 0.25) is 5.91 Å². The number of carbonyl (C=O) groups is 1. The number of rotatable bonds is 7. The van der Waals surface area contributed by atoms with Gasteiger partial charge in [-0.3, -0.25) is 9.69 Å². The highest BCUT2D eigenvalue weighted by Gasteiger charge is 2.24. The lowest BCUT2D eigenvalue weighted by atomic mass is 9.89. The smallest absolute Gasteiger partial charge is 0.235 e. The molecule has 0 aliphatic carbocycles. The van der Waals surface area contributed by atoms with E-state index >= 15 is 0 Å². The summed E-state index contributed by atoms with van der Waals surface area (Å²) in [5.41, 5.74) is 2.38. The van der Waals surface area contributed by atoms with E-state index in [1.54, 1.807) is 24.6 Å².